The lowest BCUT2D eigenvalue weighted by atomic mass is 9.95. The van der Waals surface area contributed by atoms with Crippen LogP contribution in [0, 0.1) is 0 Å². The van der Waals surface area contributed by atoms with Crippen LogP contribution >= 0.6 is 15.9 Å². The summed E-state index contributed by atoms with van der Waals surface area (Å²) in [6.07, 6.45) is 3.84. The molecule has 2 N–H and O–H groups in total. The molecular formula is C14H18BrNO3. The molecule has 1 aromatic carbocycles. The lowest BCUT2D eigenvalue weighted by Crippen LogP contribution is -2.29. The first kappa shape index (κ1) is 14.3. The van der Waals surface area contributed by atoms with Gasteiger partial charge in [0.1, 0.15) is 6.10 Å². The van der Waals surface area contributed by atoms with Gasteiger partial charge in [-0.05, 0) is 53.4 Å². The van der Waals surface area contributed by atoms with E-state index in [-0.39, 0.29) is 18.2 Å². The van der Waals surface area contributed by atoms with E-state index < -0.39 is 0 Å². The first-order valence-corrected chi connectivity index (χ1v) is 7.18. The van der Waals surface area contributed by atoms with E-state index in [1.165, 1.54) is 0 Å². The van der Waals surface area contributed by atoms with Gasteiger partial charge in [-0.1, -0.05) is 0 Å². The Labute approximate surface area is 121 Å². The summed E-state index contributed by atoms with van der Waals surface area (Å²) in [5.41, 5.74) is 6.71. The first-order chi connectivity index (χ1) is 9.10. The van der Waals surface area contributed by atoms with Gasteiger partial charge in [-0.25, -0.2) is 4.79 Å². The molecule has 0 bridgehead atoms. The Bertz CT molecular complexity index is 464. The number of hydrogen-bond acceptors (Lipinski definition) is 4. The Morgan fingerprint density at radius 3 is 2.84 bits per heavy atom. The smallest absolute Gasteiger partial charge is 0.339 e. The highest BCUT2D eigenvalue weighted by atomic mass is 79.9. The molecule has 19 heavy (non-hydrogen) atoms. The third kappa shape index (κ3) is 3.70. The number of carbonyl (C=O) groups excluding carboxylic acids is 1. The maximum atomic E-state index is 12.1. The number of ether oxygens (including phenoxy) is 2. The van der Waals surface area contributed by atoms with Gasteiger partial charge in [0, 0.05) is 23.7 Å². The van der Waals surface area contributed by atoms with Crippen molar-refractivity contribution in [2.45, 2.75) is 37.9 Å². The van der Waals surface area contributed by atoms with Crippen molar-refractivity contribution < 1.29 is 14.3 Å². The Morgan fingerprint density at radius 1 is 1.37 bits per heavy atom. The van der Waals surface area contributed by atoms with Crippen molar-refractivity contribution >= 4 is 27.6 Å². The molecule has 1 aliphatic carbocycles. The minimum Gasteiger partial charge on any atom is -0.459 e. The highest BCUT2D eigenvalue weighted by Gasteiger charge is 2.25. The molecular weight excluding hydrogens is 310 g/mol. The van der Waals surface area contributed by atoms with E-state index in [1.807, 2.05) is 0 Å². The van der Waals surface area contributed by atoms with E-state index in [9.17, 15) is 4.79 Å². The van der Waals surface area contributed by atoms with Crippen LogP contribution in [0.1, 0.15) is 36.0 Å². The summed E-state index contributed by atoms with van der Waals surface area (Å²) in [7, 11) is 1.70. The van der Waals surface area contributed by atoms with Crippen LogP contribution in [0.15, 0.2) is 22.7 Å². The summed E-state index contributed by atoms with van der Waals surface area (Å²) in [6.45, 7) is 0. The number of carbonyl (C=O) groups is 1. The summed E-state index contributed by atoms with van der Waals surface area (Å²) in [5.74, 6) is -0.332. The van der Waals surface area contributed by atoms with Crippen LogP contribution in [0.4, 0.5) is 5.69 Å². The highest BCUT2D eigenvalue weighted by molar-refractivity contribution is 9.10. The fourth-order valence-corrected chi connectivity index (χ4v) is 2.75. The zero-order valence-corrected chi connectivity index (χ0v) is 12.5. The second-order valence-corrected chi connectivity index (χ2v) is 5.65. The topological polar surface area (TPSA) is 61.5 Å². The molecule has 2 atom stereocenters. The molecule has 2 unspecified atom stereocenters. The van der Waals surface area contributed by atoms with E-state index in [2.05, 4.69) is 15.9 Å². The van der Waals surface area contributed by atoms with Gasteiger partial charge in [0.2, 0.25) is 0 Å². The number of hydrogen-bond donors (Lipinski definition) is 1. The molecule has 0 heterocycles. The molecule has 1 fully saturated rings. The number of esters is 1. The first-order valence-electron chi connectivity index (χ1n) is 6.39. The Balaban J connectivity index is 2.02. The van der Waals surface area contributed by atoms with Crippen molar-refractivity contribution in [3.05, 3.63) is 28.2 Å². The molecule has 0 radical (unpaired) electrons. The average molecular weight is 328 g/mol. The fraction of sp³-hybridized carbons (Fsp3) is 0.500. The highest BCUT2D eigenvalue weighted by Crippen LogP contribution is 2.26. The minimum absolute atomic E-state index is 0.0699. The third-order valence-electron chi connectivity index (χ3n) is 3.40. The maximum Gasteiger partial charge on any atom is 0.339 e. The second-order valence-electron chi connectivity index (χ2n) is 4.79. The summed E-state index contributed by atoms with van der Waals surface area (Å²) < 4.78 is 11.6. The zero-order valence-electron chi connectivity index (χ0n) is 10.9. The van der Waals surface area contributed by atoms with Gasteiger partial charge in [0.25, 0.3) is 0 Å². The largest absolute Gasteiger partial charge is 0.459 e. The van der Waals surface area contributed by atoms with E-state index in [0.717, 1.165) is 25.7 Å². The fourth-order valence-electron chi connectivity index (χ4n) is 2.34. The zero-order chi connectivity index (χ0) is 13.8. The van der Waals surface area contributed by atoms with Crippen molar-refractivity contribution in [3.8, 4) is 0 Å². The van der Waals surface area contributed by atoms with Gasteiger partial charge in [0.05, 0.1) is 11.7 Å². The van der Waals surface area contributed by atoms with Crippen LogP contribution in [0.5, 0.6) is 0 Å². The molecule has 0 spiro atoms. The summed E-state index contributed by atoms with van der Waals surface area (Å²) in [6, 6.07) is 5.12. The predicted molar refractivity (Wildman–Crippen MR) is 77.0 cm³/mol. The standard InChI is InChI=1S/C14H18BrNO3/c1-18-10-3-2-4-11(8-10)19-14(17)12-7-9(16)5-6-13(12)15/h5-7,10-11H,2-4,8,16H2,1H3. The van der Waals surface area contributed by atoms with Crippen molar-refractivity contribution in [1.82, 2.24) is 0 Å². The van der Waals surface area contributed by atoms with E-state index in [0.29, 0.717) is 15.7 Å². The SMILES string of the molecule is COC1CCCC(OC(=O)c2cc(N)ccc2Br)C1. The van der Waals surface area contributed by atoms with Gasteiger partial charge in [-0.15, -0.1) is 0 Å². The van der Waals surface area contributed by atoms with Crippen molar-refractivity contribution in [1.29, 1.82) is 0 Å². The van der Waals surface area contributed by atoms with Crippen LogP contribution in [0.2, 0.25) is 0 Å². The lowest BCUT2D eigenvalue weighted by Gasteiger charge is -2.28. The number of nitrogens with two attached hydrogens (primary N) is 1. The Kier molecular flexibility index (Phi) is 4.82. The Morgan fingerprint density at radius 2 is 2.11 bits per heavy atom. The maximum absolute atomic E-state index is 12.1. The van der Waals surface area contributed by atoms with E-state index in [1.54, 1.807) is 25.3 Å². The normalized spacial score (nSPS) is 23.1. The number of methoxy groups -OCH3 is 1. The molecule has 0 aliphatic heterocycles. The monoisotopic (exact) mass is 327 g/mol. The average Bonchev–Trinajstić information content (AvgIpc) is 2.41. The number of anilines is 1. The van der Waals surface area contributed by atoms with Crippen molar-refractivity contribution in [2.75, 3.05) is 12.8 Å². The molecule has 1 aromatic rings. The number of benzene rings is 1. The van der Waals surface area contributed by atoms with E-state index >= 15 is 0 Å². The van der Waals surface area contributed by atoms with Crippen molar-refractivity contribution in [3.63, 3.8) is 0 Å². The van der Waals surface area contributed by atoms with Gasteiger partial charge >= 0.3 is 5.97 Å². The van der Waals surface area contributed by atoms with Gasteiger partial charge in [-0.3, -0.25) is 0 Å². The van der Waals surface area contributed by atoms with Crippen LogP contribution in [0.3, 0.4) is 0 Å². The lowest BCUT2D eigenvalue weighted by molar-refractivity contribution is -0.0149. The van der Waals surface area contributed by atoms with Gasteiger partial charge in [-0.2, -0.15) is 0 Å². The summed E-state index contributed by atoms with van der Waals surface area (Å²) in [4.78, 5) is 12.1. The van der Waals surface area contributed by atoms with Gasteiger partial charge < -0.3 is 15.2 Å². The molecule has 5 heteroatoms. The minimum atomic E-state index is -0.332. The predicted octanol–water partition coefficient (Wildman–Crippen LogP) is 3.15. The molecule has 0 amide bonds. The van der Waals surface area contributed by atoms with E-state index in [4.69, 9.17) is 15.2 Å². The molecule has 104 valence electrons. The van der Waals surface area contributed by atoms with Crippen LogP contribution in [-0.4, -0.2) is 25.3 Å². The summed E-state index contributed by atoms with van der Waals surface area (Å²) in [5, 5.41) is 0. The number of rotatable bonds is 3. The van der Waals surface area contributed by atoms with Crippen molar-refractivity contribution in [2.24, 2.45) is 0 Å². The Hall–Kier alpha value is -1.07. The molecule has 0 aromatic heterocycles. The summed E-state index contributed by atoms with van der Waals surface area (Å²) >= 11 is 3.34. The molecule has 1 saturated carbocycles. The van der Waals surface area contributed by atoms with Gasteiger partial charge in [0.15, 0.2) is 0 Å². The third-order valence-corrected chi connectivity index (χ3v) is 4.09. The second kappa shape index (κ2) is 6.39. The number of halogens is 1. The molecule has 1 aliphatic rings. The van der Waals surface area contributed by atoms with Crippen LogP contribution in [-0.2, 0) is 9.47 Å². The van der Waals surface area contributed by atoms with Crippen LogP contribution < -0.4 is 5.73 Å². The number of nitrogen functional groups attached to an aromatic ring is 1. The molecule has 4 nitrogen and oxygen atoms in total. The quantitative estimate of drug-likeness (QED) is 0.684. The molecule has 0 saturated heterocycles. The van der Waals surface area contributed by atoms with Crippen LogP contribution in [0.25, 0.3) is 0 Å². The molecule has 2 rings (SSSR count).